The van der Waals surface area contributed by atoms with Gasteiger partial charge >= 0.3 is 0 Å². The molecule has 0 spiro atoms. The first-order valence-corrected chi connectivity index (χ1v) is 12.2. The number of ketones is 1. The predicted octanol–water partition coefficient (Wildman–Crippen LogP) is -1.93. The van der Waals surface area contributed by atoms with E-state index in [4.69, 9.17) is 5.73 Å². The molecule has 0 bridgehead atoms. The van der Waals surface area contributed by atoms with E-state index in [0.717, 1.165) is 13.8 Å². The molecule has 0 rings (SSSR count). The van der Waals surface area contributed by atoms with Crippen molar-refractivity contribution in [2.24, 2.45) is 5.73 Å². The zero-order valence-electron chi connectivity index (χ0n) is 17.0. The number of amides is 1. The fraction of sp³-hybridized carbons (Fsp3) is 0.867. The number of carbonyl (C=O) groups is 2. The summed E-state index contributed by atoms with van der Waals surface area (Å²) in [6.07, 6.45) is 1.39. The van der Waals surface area contributed by atoms with E-state index in [2.05, 4.69) is 10.6 Å². The average molecular weight is 459 g/mol. The van der Waals surface area contributed by atoms with Gasteiger partial charge < -0.3 is 44.9 Å². The molecule has 1 amide bonds. The number of nitrogens with two attached hydrogens (primary N) is 1. The average Bonchev–Trinajstić information content (AvgIpc) is 2.56. The van der Waals surface area contributed by atoms with Crippen LogP contribution in [0.2, 0.25) is 0 Å². The number of aliphatic hydroxyl groups is 1. The van der Waals surface area contributed by atoms with E-state index in [9.17, 15) is 43.4 Å². The molecule has 0 radical (unpaired) electrons. The van der Waals surface area contributed by atoms with Crippen molar-refractivity contribution in [3.05, 3.63) is 0 Å². The molecule has 0 heterocycles. The maximum atomic E-state index is 11.9. The Kier molecular flexibility index (Phi) is 10.3. The van der Waals surface area contributed by atoms with Gasteiger partial charge in [0.1, 0.15) is 5.78 Å². The minimum absolute atomic E-state index is 0.105. The van der Waals surface area contributed by atoms with Gasteiger partial charge in [-0.3, -0.25) is 14.9 Å². The number of hydrogen-bond donors (Lipinski definition) is 6. The lowest BCUT2D eigenvalue weighted by atomic mass is 9.99. The molecule has 12 nitrogen and oxygen atoms in total. The molecular weight excluding hydrogens is 428 g/mol. The molecule has 0 aliphatic carbocycles. The Bertz CT molecular complexity index is 652. The van der Waals surface area contributed by atoms with Crippen molar-refractivity contribution in [3.8, 4) is 0 Å². The Morgan fingerprint density at radius 1 is 1.14 bits per heavy atom. The van der Waals surface area contributed by atoms with E-state index in [-0.39, 0.29) is 18.9 Å². The lowest BCUT2D eigenvalue weighted by Gasteiger charge is -2.52. The SMILES string of the molecule is CCC(N)C(=O)NCCCCC(NC(C)(C)C(O)(P(=O)([O-])O)P(=O)([O-])O)C(C)=O. The van der Waals surface area contributed by atoms with Gasteiger partial charge in [0.2, 0.25) is 11.0 Å². The minimum atomic E-state index is -6.03. The second-order valence-corrected chi connectivity index (χ2v) is 11.1. The molecule has 0 aliphatic rings. The van der Waals surface area contributed by atoms with Crippen LogP contribution in [0.3, 0.4) is 0 Å². The fourth-order valence-corrected chi connectivity index (χ4v) is 5.60. The molecule has 0 saturated heterocycles. The number of hydrogen-bond acceptors (Lipinski definition) is 9. The summed E-state index contributed by atoms with van der Waals surface area (Å²) >= 11 is 0. The quantitative estimate of drug-likeness (QED) is 0.131. The van der Waals surface area contributed by atoms with Crippen LogP contribution in [0.15, 0.2) is 0 Å². The molecular formula is C15H31N3O9P2-2. The second kappa shape index (κ2) is 10.6. The van der Waals surface area contributed by atoms with Gasteiger partial charge in [-0.15, -0.1) is 0 Å². The molecule has 0 aromatic rings. The molecule has 7 N–H and O–H groups in total. The third kappa shape index (κ3) is 7.20. The largest absolute Gasteiger partial charge is 0.776 e. The highest BCUT2D eigenvalue weighted by Crippen LogP contribution is 2.67. The molecule has 0 aliphatic heterocycles. The molecule has 4 atom stereocenters. The minimum Gasteiger partial charge on any atom is -0.776 e. The zero-order chi connectivity index (χ0) is 23.3. The van der Waals surface area contributed by atoms with Crippen molar-refractivity contribution in [2.45, 2.75) is 76.1 Å². The van der Waals surface area contributed by atoms with Crippen LogP contribution in [0.4, 0.5) is 0 Å². The Morgan fingerprint density at radius 3 is 2.00 bits per heavy atom. The summed E-state index contributed by atoms with van der Waals surface area (Å²) in [6, 6.07) is -1.72. The van der Waals surface area contributed by atoms with Crippen LogP contribution in [0.1, 0.15) is 53.4 Å². The van der Waals surface area contributed by atoms with E-state index >= 15 is 0 Å². The molecule has 14 heteroatoms. The highest BCUT2D eigenvalue weighted by atomic mass is 31.2. The Hall–Kier alpha value is -0.680. The number of carbonyl (C=O) groups excluding carboxylic acids is 2. The van der Waals surface area contributed by atoms with Crippen molar-refractivity contribution >= 4 is 26.9 Å². The van der Waals surface area contributed by atoms with Crippen molar-refractivity contribution < 1.29 is 43.4 Å². The highest BCUT2D eigenvalue weighted by Gasteiger charge is 2.58. The fourth-order valence-electron chi connectivity index (χ4n) is 2.78. The van der Waals surface area contributed by atoms with Gasteiger partial charge in [0, 0.05) is 6.54 Å². The summed E-state index contributed by atoms with van der Waals surface area (Å²) in [7, 11) is -12.1. The van der Waals surface area contributed by atoms with Gasteiger partial charge in [-0.2, -0.15) is 0 Å². The summed E-state index contributed by atoms with van der Waals surface area (Å²) < 4.78 is 23.1. The second-order valence-electron chi connectivity index (χ2n) is 7.41. The Morgan fingerprint density at radius 2 is 1.62 bits per heavy atom. The third-order valence-electron chi connectivity index (χ3n) is 4.65. The number of nitrogens with one attached hydrogen (secondary N) is 2. The summed E-state index contributed by atoms with van der Waals surface area (Å²) in [5.74, 6) is -0.807. The predicted molar refractivity (Wildman–Crippen MR) is 101 cm³/mol. The number of unbranched alkanes of at least 4 members (excludes halogenated alkanes) is 1. The van der Waals surface area contributed by atoms with Crippen LogP contribution in [-0.2, 0) is 18.7 Å². The molecule has 0 saturated carbocycles. The maximum absolute atomic E-state index is 11.9. The van der Waals surface area contributed by atoms with Gasteiger partial charge in [-0.1, -0.05) is 6.92 Å². The summed E-state index contributed by atoms with van der Waals surface area (Å²) in [6.45, 7) is 5.04. The monoisotopic (exact) mass is 459 g/mol. The molecule has 0 aromatic carbocycles. The van der Waals surface area contributed by atoms with Gasteiger partial charge in [-0.25, -0.2) is 0 Å². The molecule has 172 valence electrons. The van der Waals surface area contributed by atoms with E-state index in [1.54, 1.807) is 6.92 Å². The normalized spacial score (nSPS) is 20.6. The van der Waals surface area contributed by atoms with Crippen LogP contribution in [0, 0.1) is 0 Å². The molecule has 29 heavy (non-hydrogen) atoms. The lowest BCUT2D eigenvalue weighted by molar-refractivity contribution is -0.232. The molecule has 0 aromatic heterocycles. The van der Waals surface area contributed by atoms with Crippen LogP contribution in [0.5, 0.6) is 0 Å². The van der Waals surface area contributed by atoms with Gasteiger partial charge in [0.05, 0.1) is 17.6 Å². The first-order valence-electron chi connectivity index (χ1n) is 9.04. The lowest BCUT2D eigenvalue weighted by Crippen LogP contribution is -2.64. The van der Waals surface area contributed by atoms with Crippen LogP contribution >= 0.6 is 15.2 Å². The van der Waals surface area contributed by atoms with Crippen molar-refractivity contribution in [2.75, 3.05) is 6.54 Å². The maximum Gasteiger partial charge on any atom is 0.236 e. The summed E-state index contributed by atoms with van der Waals surface area (Å²) in [5.41, 5.74) is 3.23. The Balaban J connectivity index is 5.15. The number of rotatable bonds is 13. The van der Waals surface area contributed by atoms with Crippen LogP contribution < -0.4 is 26.2 Å². The Labute approximate surface area is 170 Å². The van der Waals surface area contributed by atoms with Crippen molar-refractivity contribution in [1.29, 1.82) is 0 Å². The summed E-state index contributed by atoms with van der Waals surface area (Å²) in [5, 5.41) is 11.3. The van der Waals surface area contributed by atoms with Crippen molar-refractivity contribution in [3.63, 3.8) is 0 Å². The number of Topliss-reactive ketones (excluding diaryl/α,β-unsaturated/α-hetero) is 1. The van der Waals surface area contributed by atoms with Gasteiger partial charge in [0.25, 0.3) is 0 Å². The smallest absolute Gasteiger partial charge is 0.236 e. The van der Waals surface area contributed by atoms with E-state index in [0.29, 0.717) is 19.3 Å². The third-order valence-corrected chi connectivity index (χ3v) is 8.86. The highest BCUT2D eigenvalue weighted by molar-refractivity contribution is 7.70. The van der Waals surface area contributed by atoms with Crippen LogP contribution in [-0.4, -0.2) is 55.8 Å². The zero-order valence-corrected chi connectivity index (χ0v) is 18.7. The first-order chi connectivity index (χ1) is 12.9. The molecule has 0 fully saturated rings. The topological polar surface area (TPSA) is 225 Å². The van der Waals surface area contributed by atoms with E-state index in [1.165, 1.54) is 6.92 Å². The van der Waals surface area contributed by atoms with Crippen LogP contribution in [0.25, 0.3) is 0 Å². The van der Waals surface area contributed by atoms with E-state index < -0.39 is 43.7 Å². The van der Waals surface area contributed by atoms with Gasteiger partial charge in [-0.05, 0) is 46.5 Å². The standard InChI is InChI=1S/C15H33N3O9P2/c1-5-11(16)13(20)17-9-7-6-8-12(10(2)19)18-14(3,4)15(21,28(22,23)24)29(25,26)27/h11-12,18,21H,5-9,16H2,1-4H3,(H,17,20)(H2,22,23,24)(H2,25,26,27)/p-2. The van der Waals surface area contributed by atoms with E-state index in [1.807, 2.05) is 0 Å². The first kappa shape index (κ1) is 28.3. The van der Waals surface area contributed by atoms with Gasteiger partial charge in [0.15, 0.2) is 15.2 Å². The molecule has 4 unspecified atom stereocenters. The summed E-state index contributed by atoms with van der Waals surface area (Å²) in [4.78, 5) is 65.1. The van der Waals surface area contributed by atoms with Crippen molar-refractivity contribution in [1.82, 2.24) is 10.6 Å².